The van der Waals surface area contributed by atoms with Gasteiger partial charge >= 0.3 is 6.03 Å². The number of amides is 3. The lowest BCUT2D eigenvalue weighted by atomic mass is 9.88. The molecule has 1 N–H and O–H groups in total. The van der Waals surface area contributed by atoms with Crippen molar-refractivity contribution in [3.63, 3.8) is 0 Å². The summed E-state index contributed by atoms with van der Waals surface area (Å²) in [5.41, 5.74) is 2.21. The van der Waals surface area contributed by atoms with Gasteiger partial charge in [-0.25, -0.2) is 4.79 Å². The Labute approximate surface area is 236 Å². The predicted molar refractivity (Wildman–Crippen MR) is 156 cm³/mol. The van der Waals surface area contributed by atoms with Crippen molar-refractivity contribution >= 4 is 30.0 Å². The van der Waals surface area contributed by atoms with Crippen molar-refractivity contribution in [2.45, 2.75) is 77.7 Å². The summed E-state index contributed by atoms with van der Waals surface area (Å²) < 4.78 is 5.40. The fourth-order valence-corrected chi connectivity index (χ4v) is 6.23. The molecule has 0 radical (unpaired) electrons. The summed E-state index contributed by atoms with van der Waals surface area (Å²) in [7, 11) is 0. The smallest absolute Gasteiger partial charge is 0.320 e. The Kier molecular flexibility index (Phi) is 12.7. The van der Waals surface area contributed by atoms with Crippen molar-refractivity contribution in [3.05, 3.63) is 29.8 Å². The van der Waals surface area contributed by atoms with E-state index in [-0.39, 0.29) is 30.3 Å². The van der Waals surface area contributed by atoms with Crippen LogP contribution in [0.4, 0.5) is 10.5 Å². The molecule has 2 saturated heterocycles. The van der Waals surface area contributed by atoms with Crippen LogP contribution in [-0.4, -0.2) is 85.2 Å². The van der Waals surface area contributed by atoms with Crippen LogP contribution in [0, 0.1) is 11.8 Å². The van der Waals surface area contributed by atoms with Crippen LogP contribution < -0.4 is 5.32 Å². The largest absolute Gasteiger partial charge is 0.378 e. The van der Waals surface area contributed by atoms with Gasteiger partial charge in [0.2, 0.25) is 5.91 Å². The van der Waals surface area contributed by atoms with E-state index in [0.717, 1.165) is 70.4 Å². The van der Waals surface area contributed by atoms with Crippen molar-refractivity contribution < 1.29 is 14.3 Å². The second kappa shape index (κ2) is 15.7. The molecular weight excluding hydrogens is 500 g/mol. The fraction of sp³-hybridized carbons (Fsp3) is 0.733. The number of rotatable bonds is 9. The number of nitrogens with zero attached hydrogens (tertiary/aromatic N) is 3. The third kappa shape index (κ3) is 8.85. The number of piperidine rings is 1. The van der Waals surface area contributed by atoms with Gasteiger partial charge in [0, 0.05) is 50.4 Å². The number of carbonyl (C=O) groups excluding carboxylic acids is 2. The second-order valence-corrected chi connectivity index (χ2v) is 11.4. The topological polar surface area (TPSA) is 65.1 Å². The Morgan fingerprint density at radius 3 is 2.39 bits per heavy atom. The highest BCUT2D eigenvalue weighted by Crippen LogP contribution is 2.26. The first-order chi connectivity index (χ1) is 18.0. The molecule has 7 nitrogen and oxygen atoms in total. The van der Waals surface area contributed by atoms with Gasteiger partial charge in [0.05, 0.1) is 13.2 Å². The molecule has 1 aromatic rings. The second-order valence-electron chi connectivity index (χ2n) is 11.4. The van der Waals surface area contributed by atoms with Gasteiger partial charge in [-0.3, -0.25) is 4.79 Å². The minimum absolute atomic E-state index is 0. The molecule has 0 unspecified atom stereocenters. The molecule has 2 aliphatic heterocycles. The number of hydrogen-bond acceptors (Lipinski definition) is 4. The van der Waals surface area contributed by atoms with Gasteiger partial charge in [0.25, 0.3) is 0 Å². The van der Waals surface area contributed by atoms with E-state index in [1.807, 2.05) is 15.9 Å². The van der Waals surface area contributed by atoms with E-state index in [1.54, 1.807) is 0 Å². The minimum Gasteiger partial charge on any atom is -0.378 e. The molecule has 1 saturated carbocycles. The first-order valence-corrected chi connectivity index (χ1v) is 14.8. The maximum atomic E-state index is 12.8. The number of carbonyl (C=O) groups is 2. The Balaban J connectivity index is 0.00000400. The van der Waals surface area contributed by atoms with Crippen LogP contribution in [0.2, 0.25) is 0 Å². The Hall–Kier alpha value is -1.83. The third-order valence-corrected chi connectivity index (χ3v) is 8.50. The van der Waals surface area contributed by atoms with Crippen LogP contribution in [0.15, 0.2) is 24.3 Å². The van der Waals surface area contributed by atoms with Gasteiger partial charge in [-0.2, -0.15) is 0 Å². The molecule has 1 aromatic carbocycles. The van der Waals surface area contributed by atoms with E-state index in [1.165, 1.54) is 24.8 Å². The molecular formula is C30H49ClN4O3. The van der Waals surface area contributed by atoms with Crippen LogP contribution in [-0.2, 0) is 16.0 Å². The molecule has 3 aliphatic rings. The number of anilines is 1. The molecule has 3 fully saturated rings. The number of urea groups is 1. The molecule has 3 amide bonds. The van der Waals surface area contributed by atoms with Crippen molar-refractivity contribution in [2.75, 3.05) is 57.8 Å². The highest BCUT2D eigenvalue weighted by molar-refractivity contribution is 5.92. The van der Waals surface area contributed by atoms with Crippen LogP contribution in [0.25, 0.3) is 0 Å². The molecule has 214 valence electrons. The van der Waals surface area contributed by atoms with Crippen LogP contribution in [0.3, 0.4) is 0 Å². The number of morpholine rings is 1. The SMILES string of the molecule is CCCN(CC1CCN(C(=O)N2CCOCC2)CC1)[C@@H](C)Cc1cccc(NC(=O)C2CCCCC2)c1.Cl. The molecule has 8 heteroatoms. The summed E-state index contributed by atoms with van der Waals surface area (Å²) in [5.74, 6) is 0.992. The number of hydrogen-bond donors (Lipinski definition) is 1. The van der Waals surface area contributed by atoms with Gasteiger partial charge in [-0.1, -0.05) is 38.3 Å². The normalized spacial score (nSPS) is 20.2. The average molecular weight is 549 g/mol. The summed E-state index contributed by atoms with van der Waals surface area (Å²) in [6, 6.07) is 9.06. The van der Waals surface area contributed by atoms with Crippen molar-refractivity contribution in [2.24, 2.45) is 11.8 Å². The molecule has 2 heterocycles. The zero-order valence-electron chi connectivity index (χ0n) is 23.5. The van der Waals surface area contributed by atoms with Crippen molar-refractivity contribution in [1.82, 2.24) is 14.7 Å². The molecule has 0 aromatic heterocycles. The maximum absolute atomic E-state index is 12.8. The van der Waals surface area contributed by atoms with E-state index in [2.05, 4.69) is 42.3 Å². The number of nitrogens with one attached hydrogen (secondary N) is 1. The van der Waals surface area contributed by atoms with Crippen molar-refractivity contribution in [3.8, 4) is 0 Å². The minimum atomic E-state index is 0. The maximum Gasteiger partial charge on any atom is 0.320 e. The molecule has 38 heavy (non-hydrogen) atoms. The van der Waals surface area contributed by atoms with Gasteiger partial charge in [0.15, 0.2) is 0 Å². The van der Waals surface area contributed by atoms with Crippen LogP contribution >= 0.6 is 12.4 Å². The summed E-state index contributed by atoms with van der Waals surface area (Å²) >= 11 is 0. The standard InChI is InChI=1S/C30H48N4O3.ClH/c1-3-14-34(23-25-12-15-32(16-13-25)30(36)33-17-19-37-20-18-33)24(2)21-26-8-7-11-28(22-26)31-29(35)27-9-5-4-6-10-27;/h7-8,11,22,24-25,27H,3-6,9-10,12-21,23H2,1-2H3,(H,31,35);1H/t24-;/m0./s1. The number of benzene rings is 1. The summed E-state index contributed by atoms with van der Waals surface area (Å²) in [5, 5.41) is 3.19. The lowest BCUT2D eigenvalue weighted by Crippen LogP contribution is -2.51. The number of likely N-dealkylation sites (tertiary alicyclic amines) is 1. The first-order valence-electron chi connectivity index (χ1n) is 14.8. The van der Waals surface area contributed by atoms with E-state index >= 15 is 0 Å². The van der Waals surface area contributed by atoms with Gasteiger partial charge in [-0.05, 0) is 75.6 Å². The lowest BCUT2D eigenvalue weighted by Gasteiger charge is -2.39. The third-order valence-electron chi connectivity index (χ3n) is 8.50. The van der Waals surface area contributed by atoms with Gasteiger partial charge in [-0.15, -0.1) is 12.4 Å². The highest BCUT2D eigenvalue weighted by atomic mass is 35.5. The summed E-state index contributed by atoms with van der Waals surface area (Å²) in [6.07, 6.45) is 9.91. The summed E-state index contributed by atoms with van der Waals surface area (Å²) in [4.78, 5) is 32.2. The van der Waals surface area contributed by atoms with Gasteiger partial charge < -0.3 is 24.8 Å². The van der Waals surface area contributed by atoms with Gasteiger partial charge in [0.1, 0.15) is 0 Å². The van der Waals surface area contributed by atoms with E-state index < -0.39 is 0 Å². The molecule has 0 spiro atoms. The van der Waals surface area contributed by atoms with E-state index in [4.69, 9.17) is 4.74 Å². The Morgan fingerprint density at radius 1 is 1.03 bits per heavy atom. The lowest BCUT2D eigenvalue weighted by molar-refractivity contribution is -0.120. The molecule has 4 rings (SSSR count). The van der Waals surface area contributed by atoms with Crippen LogP contribution in [0.1, 0.15) is 70.8 Å². The van der Waals surface area contributed by atoms with Crippen molar-refractivity contribution in [1.29, 1.82) is 0 Å². The predicted octanol–water partition coefficient (Wildman–Crippen LogP) is 5.43. The molecule has 1 atom stereocenters. The Morgan fingerprint density at radius 2 is 1.71 bits per heavy atom. The monoisotopic (exact) mass is 548 g/mol. The van der Waals surface area contributed by atoms with E-state index in [9.17, 15) is 9.59 Å². The Bertz CT molecular complexity index is 865. The van der Waals surface area contributed by atoms with Crippen LogP contribution in [0.5, 0.6) is 0 Å². The molecule has 1 aliphatic carbocycles. The highest BCUT2D eigenvalue weighted by Gasteiger charge is 2.29. The first kappa shape index (κ1) is 30.7. The zero-order valence-corrected chi connectivity index (χ0v) is 24.4. The quantitative estimate of drug-likeness (QED) is 0.446. The number of ether oxygens (including phenoxy) is 1. The average Bonchev–Trinajstić information content (AvgIpc) is 2.94. The molecule has 0 bridgehead atoms. The summed E-state index contributed by atoms with van der Waals surface area (Å²) in [6.45, 7) is 11.2. The zero-order chi connectivity index (χ0) is 26.0. The fourth-order valence-electron chi connectivity index (χ4n) is 6.23. The van der Waals surface area contributed by atoms with E-state index in [0.29, 0.717) is 38.3 Å². The number of halogens is 1.